The van der Waals surface area contributed by atoms with Gasteiger partial charge in [-0.15, -0.1) is 0 Å². The highest BCUT2D eigenvalue weighted by atomic mass is 16.1. The molecule has 1 aromatic heterocycles. The quantitative estimate of drug-likeness (QED) is 0.663. The van der Waals surface area contributed by atoms with E-state index in [0.717, 1.165) is 18.5 Å². The molecule has 2 N–H and O–H groups in total. The van der Waals surface area contributed by atoms with Crippen LogP contribution in [0.5, 0.6) is 0 Å². The number of aromatic amines is 1. The van der Waals surface area contributed by atoms with E-state index in [2.05, 4.69) is 15.3 Å². The molecule has 0 amide bonds. The normalized spacial score (nSPS) is 22.9. The summed E-state index contributed by atoms with van der Waals surface area (Å²) in [6, 6.07) is 0.200. The van der Waals surface area contributed by atoms with Crippen molar-refractivity contribution in [1.82, 2.24) is 15.3 Å². The van der Waals surface area contributed by atoms with Crippen LogP contribution in [-0.4, -0.2) is 16.5 Å². The maximum absolute atomic E-state index is 11.4. The Balaban J connectivity index is 2.24. The molecule has 0 spiro atoms. The Bertz CT molecular complexity index is 328. The van der Waals surface area contributed by atoms with Gasteiger partial charge in [-0.25, -0.2) is 4.98 Å². The Labute approximate surface area is 76.4 Å². The Morgan fingerprint density at radius 1 is 1.46 bits per heavy atom. The number of piperidine rings is 1. The monoisotopic (exact) mass is 179 g/mol. The fourth-order valence-corrected chi connectivity index (χ4v) is 1.72. The van der Waals surface area contributed by atoms with Gasteiger partial charge in [-0.1, -0.05) is 6.42 Å². The number of nitrogens with one attached hydrogen (secondary N) is 2. The Kier molecular flexibility index (Phi) is 2.40. The summed E-state index contributed by atoms with van der Waals surface area (Å²) < 4.78 is 0. The zero-order valence-electron chi connectivity index (χ0n) is 7.42. The SMILES string of the molecule is O=c1[nH]cncc1C1CCCCN1. The summed E-state index contributed by atoms with van der Waals surface area (Å²) in [4.78, 5) is 17.9. The molecule has 1 aliphatic heterocycles. The molecule has 1 fully saturated rings. The average molecular weight is 179 g/mol. The Morgan fingerprint density at radius 3 is 3.08 bits per heavy atom. The largest absolute Gasteiger partial charge is 0.313 e. The third kappa shape index (κ3) is 1.78. The molecule has 0 aromatic carbocycles. The van der Waals surface area contributed by atoms with Crippen molar-refractivity contribution in [3.8, 4) is 0 Å². The van der Waals surface area contributed by atoms with Gasteiger partial charge in [-0.2, -0.15) is 0 Å². The van der Waals surface area contributed by atoms with Gasteiger partial charge in [-0.3, -0.25) is 4.79 Å². The van der Waals surface area contributed by atoms with Crippen molar-refractivity contribution >= 4 is 0 Å². The van der Waals surface area contributed by atoms with Crippen LogP contribution >= 0.6 is 0 Å². The van der Waals surface area contributed by atoms with Gasteiger partial charge in [0.1, 0.15) is 0 Å². The van der Waals surface area contributed by atoms with Crippen LogP contribution in [-0.2, 0) is 0 Å². The van der Waals surface area contributed by atoms with E-state index in [1.165, 1.54) is 19.2 Å². The van der Waals surface area contributed by atoms with E-state index in [1.54, 1.807) is 6.20 Å². The average Bonchev–Trinajstić information content (AvgIpc) is 2.20. The first-order valence-corrected chi connectivity index (χ1v) is 4.64. The van der Waals surface area contributed by atoms with E-state index in [-0.39, 0.29) is 11.6 Å². The van der Waals surface area contributed by atoms with Crippen molar-refractivity contribution in [3.63, 3.8) is 0 Å². The second-order valence-corrected chi connectivity index (χ2v) is 3.34. The number of nitrogens with zero attached hydrogens (tertiary/aromatic N) is 1. The van der Waals surface area contributed by atoms with Crippen molar-refractivity contribution in [3.05, 3.63) is 28.4 Å². The van der Waals surface area contributed by atoms with E-state index in [0.29, 0.717) is 0 Å². The topological polar surface area (TPSA) is 57.8 Å². The molecule has 0 saturated carbocycles. The molecular formula is C9H13N3O. The first-order valence-electron chi connectivity index (χ1n) is 4.64. The molecule has 2 rings (SSSR count). The lowest BCUT2D eigenvalue weighted by Crippen LogP contribution is -2.31. The summed E-state index contributed by atoms with van der Waals surface area (Å²) in [7, 11) is 0. The number of H-pyrrole nitrogens is 1. The van der Waals surface area contributed by atoms with Gasteiger partial charge in [0.05, 0.1) is 11.9 Å². The molecular weight excluding hydrogens is 166 g/mol. The lowest BCUT2D eigenvalue weighted by Gasteiger charge is -2.22. The second kappa shape index (κ2) is 3.70. The lowest BCUT2D eigenvalue weighted by molar-refractivity contribution is 0.409. The van der Waals surface area contributed by atoms with Crippen molar-refractivity contribution in [2.45, 2.75) is 25.3 Å². The van der Waals surface area contributed by atoms with Crippen LogP contribution in [0.15, 0.2) is 17.3 Å². The van der Waals surface area contributed by atoms with Gasteiger partial charge in [0.15, 0.2) is 0 Å². The number of hydrogen-bond acceptors (Lipinski definition) is 3. The molecule has 70 valence electrons. The molecule has 2 heterocycles. The van der Waals surface area contributed by atoms with E-state index in [1.807, 2.05) is 0 Å². The summed E-state index contributed by atoms with van der Waals surface area (Å²) >= 11 is 0. The molecule has 1 atom stereocenters. The molecule has 1 unspecified atom stereocenters. The standard InChI is InChI=1S/C9H13N3O/c13-9-7(5-10-6-12-9)8-3-1-2-4-11-8/h5-6,8,11H,1-4H2,(H,10,12,13). The van der Waals surface area contributed by atoms with Crippen molar-refractivity contribution in [2.75, 3.05) is 6.54 Å². The Morgan fingerprint density at radius 2 is 2.38 bits per heavy atom. The van der Waals surface area contributed by atoms with Gasteiger partial charge in [0.2, 0.25) is 0 Å². The van der Waals surface area contributed by atoms with Crippen LogP contribution in [0.3, 0.4) is 0 Å². The molecule has 1 aromatic rings. The van der Waals surface area contributed by atoms with Crippen molar-refractivity contribution in [2.24, 2.45) is 0 Å². The van der Waals surface area contributed by atoms with Crippen LogP contribution in [0.1, 0.15) is 30.9 Å². The predicted molar refractivity (Wildman–Crippen MR) is 49.5 cm³/mol. The van der Waals surface area contributed by atoms with Crippen LogP contribution in [0.4, 0.5) is 0 Å². The zero-order chi connectivity index (χ0) is 9.10. The maximum Gasteiger partial charge on any atom is 0.255 e. The summed E-state index contributed by atoms with van der Waals surface area (Å²) in [5.41, 5.74) is 0.747. The third-order valence-corrected chi connectivity index (χ3v) is 2.43. The third-order valence-electron chi connectivity index (χ3n) is 2.43. The molecule has 1 aliphatic rings. The Hall–Kier alpha value is -1.16. The molecule has 4 nitrogen and oxygen atoms in total. The molecule has 13 heavy (non-hydrogen) atoms. The van der Waals surface area contributed by atoms with Gasteiger partial charge < -0.3 is 10.3 Å². The summed E-state index contributed by atoms with van der Waals surface area (Å²) in [5.74, 6) is 0. The highest BCUT2D eigenvalue weighted by Crippen LogP contribution is 2.18. The number of rotatable bonds is 1. The second-order valence-electron chi connectivity index (χ2n) is 3.34. The smallest absolute Gasteiger partial charge is 0.255 e. The molecule has 0 aliphatic carbocycles. The van der Waals surface area contributed by atoms with Gasteiger partial charge in [0.25, 0.3) is 5.56 Å². The minimum atomic E-state index is -0.0191. The van der Waals surface area contributed by atoms with E-state index in [9.17, 15) is 4.79 Å². The minimum absolute atomic E-state index is 0.0191. The summed E-state index contributed by atoms with van der Waals surface area (Å²) in [6.45, 7) is 0.999. The maximum atomic E-state index is 11.4. The zero-order valence-corrected chi connectivity index (χ0v) is 7.42. The van der Waals surface area contributed by atoms with Gasteiger partial charge in [-0.05, 0) is 19.4 Å². The first kappa shape index (κ1) is 8.44. The highest BCUT2D eigenvalue weighted by Gasteiger charge is 2.17. The molecule has 0 radical (unpaired) electrons. The van der Waals surface area contributed by atoms with Gasteiger partial charge in [0, 0.05) is 12.2 Å². The van der Waals surface area contributed by atoms with E-state index >= 15 is 0 Å². The fraction of sp³-hybridized carbons (Fsp3) is 0.556. The first-order chi connectivity index (χ1) is 6.38. The summed E-state index contributed by atoms with van der Waals surface area (Å²) in [6.07, 6.45) is 6.51. The van der Waals surface area contributed by atoms with Crippen LogP contribution in [0, 0.1) is 0 Å². The minimum Gasteiger partial charge on any atom is -0.313 e. The van der Waals surface area contributed by atoms with E-state index < -0.39 is 0 Å². The molecule has 0 bridgehead atoms. The van der Waals surface area contributed by atoms with Crippen LogP contribution in [0.25, 0.3) is 0 Å². The highest BCUT2D eigenvalue weighted by molar-refractivity contribution is 5.10. The number of hydrogen-bond donors (Lipinski definition) is 2. The van der Waals surface area contributed by atoms with Crippen LogP contribution < -0.4 is 10.9 Å². The summed E-state index contributed by atoms with van der Waals surface area (Å²) in [5, 5.41) is 3.32. The van der Waals surface area contributed by atoms with Crippen molar-refractivity contribution < 1.29 is 0 Å². The molecule has 1 saturated heterocycles. The number of aromatic nitrogens is 2. The van der Waals surface area contributed by atoms with Crippen LogP contribution in [0.2, 0.25) is 0 Å². The fourth-order valence-electron chi connectivity index (χ4n) is 1.72. The lowest BCUT2D eigenvalue weighted by atomic mass is 10.00. The predicted octanol–water partition coefficient (Wildman–Crippen LogP) is 0.585. The van der Waals surface area contributed by atoms with E-state index in [4.69, 9.17) is 0 Å². The van der Waals surface area contributed by atoms with Crippen molar-refractivity contribution in [1.29, 1.82) is 0 Å². The van der Waals surface area contributed by atoms with Gasteiger partial charge >= 0.3 is 0 Å². The molecule has 4 heteroatoms.